The van der Waals surface area contributed by atoms with E-state index in [0.717, 1.165) is 35.1 Å². The first-order chi connectivity index (χ1) is 17.0. The second-order valence-corrected chi connectivity index (χ2v) is 8.85. The Balaban J connectivity index is 1.90. The Morgan fingerprint density at radius 1 is 0.886 bits per heavy atom. The van der Waals surface area contributed by atoms with E-state index in [9.17, 15) is 9.59 Å². The molecule has 0 aromatic heterocycles. The van der Waals surface area contributed by atoms with Crippen LogP contribution in [-0.2, 0) is 22.6 Å². The topological polar surface area (TPSA) is 58.6 Å². The van der Waals surface area contributed by atoms with Crippen LogP contribution in [0.25, 0.3) is 0 Å². The molecule has 0 saturated carbocycles. The number of amides is 2. The summed E-state index contributed by atoms with van der Waals surface area (Å²) >= 11 is 0. The van der Waals surface area contributed by atoms with Crippen LogP contribution in [-0.4, -0.2) is 35.9 Å². The van der Waals surface area contributed by atoms with Crippen molar-refractivity contribution in [2.24, 2.45) is 0 Å². The first-order valence-electron chi connectivity index (χ1n) is 12.3. The zero-order valence-electron chi connectivity index (χ0n) is 21.0. The molecule has 184 valence electrons. The second kappa shape index (κ2) is 13.3. The van der Waals surface area contributed by atoms with Crippen LogP contribution >= 0.6 is 0 Å². The van der Waals surface area contributed by atoms with Gasteiger partial charge >= 0.3 is 0 Å². The molecular formula is C30H36N2O3. The largest absolute Gasteiger partial charge is 0.484 e. The molecule has 5 heteroatoms. The maximum atomic E-state index is 13.6. The molecule has 0 aliphatic rings. The van der Waals surface area contributed by atoms with E-state index in [1.807, 2.05) is 92.7 Å². The van der Waals surface area contributed by atoms with Gasteiger partial charge in [0.15, 0.2) is 6.61 Å². The van der Waals surface area contributed by atoms with Crippen molar-refractivity contribution in [3.05, 3.63) is 101 Å². The van der Waals surface area contributed by atoms with E-state index >= 15 is 0 Å². The van der Waals surface area contributed by atoms with Crippen LogP contribution in [0.3, 0.4) is 0 Å². The van der Waals surface area contributed by atoms with Crippen molar-refractivity contribution in [3.63, 3.8) is 0 Å². The summed E-state index contributed by atoms with van der Waals surface area (Å²) < 4.78 is 5.90. The SMILES string of the molecule is CCCCNC(=O)[C@H](Cc1ccccc1)N(Cc1ccccc1C)C(=O)COc1ccccc1C. The molecule has 35 heavy (non-hydrogen) atoms. The summed E-state index contributed by atoms with van der Waals surface area (Å²) in [5, 5.41) is 3.05. The summed E-state index contributed by atoms with van der Waals surface area (Å²) in [7, 11) is 0. The molecule has 0 aliphatic carbocycles. The van der Waals surface area contributed by atoms with Gasteiger partial charge in [0.25, 0.3) is 5.91 Å². The third-order valence-corrected chi connectivity index (χ3v) is 6.15. The highest BCUT2D eigenvalue weighted by Gasteiger charge is 2.30. The number of aryl methyl sites for hydroxylation is 2. The number of unbranched alkanes of at least 4 members (excludes halogenated alkanes) is 1. The van der Waals surface area contributed by atoms with Gasteiger partial charge in [0.05, 0.1) is 0 Å². The monoisotopic (exact) mass is 472 g/mol. The molecule has 0 spiro atoms. The molecule has 0 heterocycles. The van der Waals surface area contributed by atoms with Crippen LogP contribution in [0.1, 0.15) is 42.0 Å². The van der Waals surface area contributed by atoms with Gasteiger partial charge in [0.2, 0.25) is 5.91 Å². The van der Waals surface area contributed by atoms with Gasteiger partial charge in [-0.1, -0.05) is 86.1 Å². The van der Waals surface area contributed by atoms with Crippen LogP contribution in [0.15, 0.2) is 78.9 Å². The zero-order valence-corrected chi connectivity index (χ0v) is 21.0. The highest BCUT2D eigenvalue weighted by atomic mass is 16.5. The molecule has 2 amide bonds. The van der Waals surface area contributed by atoms with E-state index < -0.39 is 6.04 Å². The van der Waals surface area contributed by atoms with Crippen LogP contribution in [0.4, 0.5) is 0 Å². The molecule has 5 nitrogen and oxygen atoms in total. The maximum Gasteiger partial charge on any atom is 0.261 e. The Kier molecular flexibility index (Phi) is 9.91. The van der Waals surface area contributed by atoms with Crippen molar-refractivity contribution in [1.29, 1.82) is 0 Å². The molecule has 0 bridgehead atoms. The summed E-state index contributed by atoms with van der Waals surface area (Å²) in [6.45, 7) is 6.85. The van der Waals surface area contributed by atoms with Gasteiger partial charge in [-0.3, -0.25) is 9.59 Å². The third-order valence-electron chi connectivity index (χ3n) is 6.15. The van der Waals surface area contributed by atoms with Gasteiger partial charge in [-0.25, -0.2) is 0 Å². The lowest BCUT2D eigenvalue weighted by atomic mass is 10.0. The first-order valence-corrected chi connectivity index (χ1v) is 12.3. The van der Waals surface area contributed by atoms with E-state index in [1.54, 1.807) is 4.90 Å². The molecule has 3 aromatic rings. The Labute approximate surface area is 209 Å². The second-order valence-electron chi connectivity index (χ2n) is 8.85. The first kappa shape index (κ1) is 26.0. The van der Waals surface area contributed by atoms with Crippen LogP contribution in [0.5, 0.6) is 5.75 Å². The number of nitrogens with zero attached hydrogens (tertiary/aromatic N) is 1. The van der Waals surface area contributed by atoms with E-state index in [2.05, 4.69) is 12.2 Å². The fourth-order valence-corrected chi connectivity index (χ4v) is 3.97. The number of hydrogen-bond donors (Lipinski definition) is 1. The van der Waals surface area contributed by atoms with E-state index in [-0.39, 0.29) is 18.4 Å². The Hall–Kier alpha value is -3.60. The minimum absolute atomic E-state index is 0.135. The van der Waals surface area contributed by atoms with Gasteiger partial charge in [0, 0.05) is 19.5 Å². The van der Waals surface area contributed by atoms with Gasteiger partial charge < -0.3 is 15.0 Å². The predicted octanol–water partition coefficient (Wildman–Crippen LogP) is 5.24. The standard InChI is InChI=1S/C30H36N2O3/c1-4-5-19-31-30(34)27(20-25-15-7-6-8-16-25)32(21-26-17-11-9-13-23(26)2)29(33)22-35-28-18-12-10-14-24(28)3/h6-18,27H,4-5,19-22H2,1-3H3,(H,31,34)/t27-/m0/s1. The Morgan fingerprint density at radius 3 is 2.23 bits per heavy atom. The highest BCUT2D eigenvalue weighted by Crippen LogP contribution is 2.19. The summed E-state index contributed by atoms with van der Waals surface area (Å²) in [6.07, 6.45) is 2.31. The van der Waals surface area contributed by atoms with Crippen molar-refractivity contribution >= 4 is 11.8 Å². The molecule has 0 saturated heterocycles. The molecule has 0 aliphatic heterocycles. The number of benzene rings is 3. The molecular weight excluding hydrogens is 436 g/mol. The van der Waals surface area contributed by atoms with Gasteiger partial charge in [-0.05, 0) is 48.6 Å². The van der Waals surface area contributed by atoms with Crippen LogP contribution in [0.2, 0.25) is 0 Å². The fourth-order valence-electron chi connectivity index (χ4n) is 3.97. The Morgan fingerprint density at radius 2 is 1.54 bits per heavy atom. The fraction of sp³-hybridized carbons (Fsp3) is 0.333. The summed E-state index contributed by atoms with van der Waals surface area (Å²) in [4.78, 5) is 28.7. The van der Waals surface area contributed by atoms with Gasteiger partial charge in [-0.2, -0.15) is 0 Å². The van der Waals surface area contributed by atoms with E-state index in [1.165, 1.54) is 0 Å². The van der Waals surface area contributed by atoms with Gasteiger partial charge in [0.1, 0.15) is 11.8 Å². The number of carbonyl (C=O) groups is 2. The summed E-state index contributed by atoms with van der Waals surface area (Å²) in [5.74, 6) is 0.312. The lowest BCUT2D eigenvalue weighted by molar-refractivity contribution is -0.142. The number of ether oxygens (including phenoxy) is 1. The predicted molar refractivity (Wildman–Crippen MR) is 140 cm³/mol. The van der Waals surface area contributed by atoms with Crippen molar-refractivity contribution < 1.29 is 14.3 Å². The molecule has 3 aromatic carbocycles. The smallest absolute Gasteiger partial charge is 0.261 e. The third kappa shape index (κ3) is 7.71. The molecule has 0 fully saturated rings. The van der Waals surface area contributed by atoms with Crippen LogP contribution < -0.4 is 10.1 Å². The van der Waals surface area contributed by atoms with Crippen molar-refractivity contribution in [1.82, 2.24) is 10.2 Å². The number of nitrogens with one attached hydrogen (secondary N) is 1. The number of rotatable bonds is 12. The minimum Gasteiger partial charge on any atom is -0.484 e. The molecule has 3 rings (SSSR count). The van der Waals surface area contributed by atoms with Gasteiger partial charge in [-0.15, -0.1) is 0 Å². The zero-order chi connectivity index (χ0) is 25.0. The number of hydrogen-bond acceptors (Lipinski definition) is 3. The average molecular weight is 473 g/mol. The quantitative estimate of drug-likeness (QED) is 0.367. The molecule has 1 atom stereocenters. The van der Waals surface area contributed by atoms with E-state index in [0.29, 0.717) is 25.3 Å². The normalized spacial score (nSPS) is 11.5. The number of carbonyl (C=O) groups excluding carboxylic acids is 2. The Bertz CT molecular complexity index is 1100. The van der Waals surface area contributed by atoms with E-state index in [4.69, 9.17) is 4.74 Å². The molecule has 0 radical (unpaired) electrons. The van der Waals surface area contributed by atoms with Crippen molar-refractivity contribution in [2.45, 2.75) is 52.6 Å². The van der Waals surface area contributed by atoms with Crippen molar-refractivity contribution in [2.75, 3.05) is 13.2 Å². The lowest BCUT2D eigenvalue weighted by Crippen LogP contribution is -2.52. The molecule has 1 N–H and O–H groups in total. The average Bonchev–Trinajstić information content (AvgIpc) is 2.87. The molecule has 0 unspecified atom stereocenters. The summed E-state index contributed by atoms with van der Waals surface area (Å²) in [6, 6.07) is 24.8. The number of para-hydroxylation sites is 1. The maximum absolute atomic E-state index is 13.6. The minimum atomic E-state index is -0.651. The summed E-state index contributed by atoms with van der Waals surface area (Å²) in [5.41, 5.74) is 4.06. The lowest BCUT2D eigenvalue weighted by Gasteiger charge is -2.32. The van der Waals surface area contributed by atoms with Crippen LogP contribution in [0, 0.1) is 13.8 Å². The highest BCUT2D eigenvalue weighted by molar-refractivity contribution is 5.88. The van der Waals surface area contributed by atoms with Crippen molar-refractivity contribution in [3.8, 4) is 5.75 Å².